The molecule has 2 nitrogen and oxygen atoms in total. The molecule has 0 aromatic heterocycles. The number of rotatable bonds is 1. The minimum Gasteiger partial charge on any atom is -0.505 e. The molecule has 0 heterocycles. The molecule has 0 radical (unpaired) electrons. The maximum absolute atomic E-state index is 13.0. The van der Waals surface area contributed by atoms with Gasteiger partial charge in [-0.3, -0.25) is 0 Å². The normalized spacial score (nSPS) is 26.1. The van der Waals surface area contributed by atoms with Crippen LogP contribution in [0, 0.1) is 5.82 Å². The third-order valence-electron chi connectivity index (χ3n) is 2.30. The van der Waals surface area contributed by atoms with Crippen molar-refractivity contribution < 1.29 is 9.50 Å². The summed E-state index contributed by atoms with van der Waals surface area (Å²) in [6.07, 6.45) is 0.823. The van der Waals surface area contributed by atoms with Gasteiger partial charge in [-0.15, -0.1) is 0 Å². The summed E-state index contributed by atoms with van der Waals surface area (Å²) in [7, 11) is 0. The number of phenols is 1. The van der Waals surface area contributed by atoms with Crippen molar-refractivity contribution in [1.29, 1.82) is 0 Å². The van der Waals surface area contributed by atoms with E-state index >= 15 is 0 Å². The van der Waals surface area contributed by atoms with E-state index in [-0.39, 0.29) is 17.7 Å². The summed E-state index contributed by atoms with van der Waals surface area (Å²) in [5, 5.41) is 9.40. The molecule has 0 amide bonds. The van der Waals surface area contributed by atoms with Crippen LogP contribution in [0.3, 0.4) is 0 Å². The van der Waals surface area contributed by atoms with E-state index in [0.717, 1.165) is 6.42 Å². The summed E-state index contributed by atoms with van der Waals surface area (Å²) in [5.74, 6) is -0.739. The largest absolute Gasteiger partial charge is 0.505 e. The van der Waals surface area contributed by atoms with Crippen molar-refractivity contribution in [3.05, 3.63) is 28.0 Å². The molecular formula is C9H9BrFNO. The number of phenolic OH excluding ortho intramolecular Hbond substituents is 1. The molecule has 1 aliphatic rings. The summed E-state index contributed by atoms with van der Waals surface area (Å²) in [5.41, 5.74) is 6.23. The Hall–Kier alpha value is -0.610. The molecule has 4 heteroatoms. The molecule has 1 aromatic carbocycles. The maximum Gasteiger partial charge on any atom is 0.166 e. The predicted octanol–water partition coefficient (Wildman–Crippen LogP) is 2.11. The van der Waals surface area contributed by atoms with Crippen LogP contribution in [-0.4, -0.2) is 11.1 Å². The lowest BCUT2D eigenvalue weighted by Crippen LogP contribution is -2.01. The van der Waals surface area contributed by atoms with Gasteiger partial charge in [0.1, 0.15) is 0 Å². The van der Waals surface area contributed by atoms with Crippen LogP contribution in [0.1, 0.15) is 17.9 Å². The summed E-state index contributed by atoms with van der Waals surface area (Å²) in [4.78, 5) is 0. The Kier molecular flexibility index (Phi) is 2.04. The van der Waals surface area contributed by atoms with Gasteiger partial charge in [0.2, 0.25) is 0 Å². The Morgan fingerprint density at radius 1 is 1.54 bits per heavy atom. The molecule has 1 aliphatic carbocycles. The van der Waals surface area contributed by atoms with E-state index in [2.05, 4.69) is 15.9 Å². The quantitative estimate of drug-likeness (QED) is 0.797. The van der Waals surface area contributed by atoms with E-state index in [1.165, 1.54) is 6.07 Å². The Bertz CT molecular complexity index is 356. The van der Waals surface area contributed by atoms with Gasteiger partial charge >= 0.3 is 0 Å². The van der Waals surface area contributed by atoms with Crippen LogP contribution in [-0.2, 0) is 0 Å². The van der Waals surface area contributed by atoms with Gasteiger partial charge in [0.25, 0.3) is 0 Å². The topological polar surface area (TPSA) is 46.2 Å². The SMILES string of the molecule is N[C@@H]1C[C@H]1c1cc(Br)cc(F)c1O. The first-order valence-corrected chi connectivity index (χ1v) is 4.82. The zero-order valence-electron chi connectivity index (χ0n) is 6.80. The van der Waals surface area contributed by atoms with Crippen LogP contribution in [0.2, 0.25) is 0 Å². The van der Waals surface area contributed by atoms with E-state index in [9.17, 15) is 9.50 Å². The van der Waals surface area contributed by atoms with E-state index in [1.807, 2.05) is 0 Å². The zero-order valence-corrected chi connectivity index (χ0v) is 8.38. The van der Waals surface area contributed by atoms with Gasteiger partial charge in [-0.2, -0.15) is 0 Å². The molecule has 2 atom stereocenters. The summed E-state index contributed by atoms with van der Waals surface area (Å²) < 4.78 is 13.7. The molecule has 1 aromatic rings. The van der Waals surface area contributed by atoms with Crippen molar-refractivity contribution in [2.75, 3.05) is 0 Å². The van der Waals surface area contributed by atoms with Gasteiger partial charge in [-0.25, -0.2) is 4.39 Å². The molecule has 0 aliphatic heterocycles. The van der Waals surface area contributed by atoms with Gasteiger partial charge < -0.3 is 10.8 Å². The van der Waals surface area contributed by atoms with Gasteiger partial charge in [-0.1, -0.05) is 15.9 Å². The highest BCUT2D eigenvalue weighted by molar-refractivity contribution is 9.10. The van der Waals surface area contributed by atoms with Crippen LogP contribution in [0.5, 0.6) is 5.75 Å². The van der Waals surface area contributed by atoms with Crippen molar-refractivity contribution in [2.45, 2.75) is 18.4 Å². The number of hydrogen-bond acceptors (Lipinski definition) is 2. The molecular weight excluding hydrogens is 237 g/mol. The van der Waals surface area contributed by atoms with E-state index < -0.39 is 5.82 Å². The average Bonchev–Trinajstić information content (AvgIpc) is 2.75. The Balaban J connectivity index is 2.44. The first kappa shape index (κ1) is 8.97. The maximum atomic E-state index is 13.0. The molecule has 3 N–H and O–H groups in total. The number of halogens is 2. The van der Waals surface area contributed by atoms with Crippen molar-refractivity contribution in [2.24, 2.45) is 5.73 Å². The average molecular weight is 246 g/mol. The molecule has 1 fully saturated rings. The molecule has 0 bridgehead atoms. The van der Waals surface area contributed by atoms with Crippen molar-refractivity contribution in [3.8, 4) is 5.75 Å². The van der Waals surface area contributed by atoms with Crippen molar-refractivity contribution in [1.82, 2.24) is 0 Å². The standard InChI is InChI=1S/C9H9BrFNO/c10-4-1-6(5-3-8(5)12)9(13)7(11)2-4/h1-2,5,8,13H,3,12H2/t5-,8+/m0/s1. The second-order valence-electron chi connectivity index (χ2n) is 3.33. The van der Waals surface area contributed by atoms with E-state index in [1.54, 1.807) is 6.07 Å². The minimum absolute atomic E-state index is 0.0691. The van der Waals surface area contributed by atoms with Gasteiger partial charge in [0.05, 0.1) is 0 Å². The Morgan fingerprint density at radius 2 is 2.15 bits per heavy atom. The summed E-state index contributed by atoms with van der Waals surface area (Å²) >= 11 is 3.17. The highest BCUT2D eigenvalue weighted by Crippen LogP contribution is 2.44. The summed E-state index contributed by atoms with van der Waals surface area (Å²) in [6.45, 7) is 0. The number of nitrogens with two attached hydrogens (primary N) is 1. The third-order valence-corrected chi connectivity index (χ3v) is 2.75. The molecule has 2 rings (SSSR count). The van der Waals surface area contributed by atoms with Crippen LogP contribution < -0.4 is 5.73 Å². The first-order chi connectivity index (χ1) is 6.09. The number of aromatic hydroxyl groups is 1. The highest BCUT2D eigenvalue weighted by Gasteiger charge is 2.37. The van der Waals surface area contributed by atoms with Crippen LogP contribution >= 0.6 is 15.9 Å². The fourth-order valence-corrected chi connectivity index (χ4v) is 1.89. The summed E-state index contributed by atoms with van der Waals surface area (Å²) in [6, 6.07) is 3.03. The van der Waals surface area contributed by atoms with Gasteiger partial charge in [0, 0.05) is 22.0 Å². The minimum atomic E-state index is -0.594. The molecule has 0 spiro atoms. The zero-order chi connectivity index (χ0) is 9.59. The monoisotopic (exact) mass is 245 g/mol. The van der Waals surface area contributed by atoms with Crippen molar-refractivity contribution in [3.63, 3.8) is 0 Å². The highest BCUT2D eigenvalue weighted by atomic mass is 79.9. The predicted molar refractivity (Wildman–Crippen MR) is 51.1 cm³/mol. The molecule has 70 valence electrons. The van der Waals surface area contributed by atoms with Gasteiger partial charge in [-0.05, 0) is 18.6 Å². The molecule has 0 unspecified atom stereocenters. The second-order valence-corrected chi connectivity index (χ2v) is 4.25. The Morgan fingerprint density at radius 3 is 2.69 bits per heavy atom. The number of hydrogen-bond donors (Lipinski definition) is 2. The molecule has 1 saturated carbocycles. The fraction of sp³-hybridized carbons (Fsp3) is 0.333. The van der Waals surface area contributed by atoms with E-state index in [0.29, 0.717) is 10.0 Å². The van der Waals surface area contributed by atoms with Gasteiger partial charge in [0.15, 0.2) is 11.6 Å². The van der Waals surface area contributed by atoms with Crippen molar-refractivity contribution >= 4 is 15.9 Å². The smallest absolute Gasteiger partial charge is 0.166 e. The third kappa shape index (κ3) is 1.56. The van der Waals surface area contributed by atoms with Crippen LogP contribution in [0.25, 0.3) is 0 Å². The fourth-order valence-electron chi connectivity index (χ4n) is 1.44. The number of benzene rings is 1. The van der Waals surface area contributed by atoms with Crippen LogP contribution in [0.4, 0.5) is 4.39 Å². The Labute approximate surface area is 83.7 Å². The molecule has 13 heavy (non-hydrogen) atoms. The lowest BCUT2D eigenvalue weighted by atomic mass is 10.1. The lowest BCUT2D eigenvalue weighted by molar-refractivity contribution is 0.425. The van der Waals surface area contributed by atoms with Crippen LogP contribution in [0.15, 0.2) is 16.6 Å². The first-order valence-electron chi connectivity index (χ1n) is 4.03. The van der Waals surface area contributed by atoms with E-state index in [4.69, 9.17) is 5.73 Å². The lowest BCUT2D eigenvalue weighted by Gasteiger charge is -2.04. The second kappa shape index (κ2) is 2.96. The molecule has 0 saturated heterocycles.